The summed E-state index contributed by atoms with van der Waals surface area (Å²) in [5, 5.41) is 18.3. The first kappa shape index (κ1) is 8.17. The highest BCUT2D eigenvalue weighted by molar-refractivity contribution is 5.16. The Hall–Kier alpha value is -0.930. The molecule has 1 aromatic heterocycles. The van der Waals surface area contributed by atoms with Crippen LogP contribution in [0.25, 0.3) is 0 Å². The summed E-state index contributed by atoms with van der Waals surface area (Å²) in [6.45, 7) is 1.25. The van der Waals surface area contributed by atoms with Gasteiger partial charge in [-0.3, -0.25) is 4.98 Å². The van der Waals surface area contributed by atoms with Gasteiger partial charge in [-0.2, -0.15) is 0 Å². The van der Waals surface area contributed by atoms with Crippen LogP contribution in [0.15, 0.2) is 24.5 Å². The van der Waals surface area contributed by atoms with Crippen LogP contribution in [-0.4, -0.2) is 21.8 Å². The maximum absolute atomic E-state index is 9.50. The Balaban J connectivity index is 2.93. The Bertz CT molecular complexity index is 221. The van der Waals surface area contributed by atoms with Gasteiger partial charge in [0.2, 0.25) is 0 Å². The summed E-state index contributed by atoms with van der Waals surface area (Å²) in [5.41, 5.74) is -0.545. The summed E-state index contributed by atoms with van der Waals surface area (Å²) in [7, 11) is 0. The lowest BCUT2D eigenvalue weighted by Gasteiger charge is -2.19. The molecule has 0 saturated carbocycles. The van der Waals surface area contributed by atoms with Gasteiger partial charge in [0.1, 0.15) is 5.60 Å². The van der Waals surface area contributed by atoms with E-state index in [-0.39, 0.29) is 6.61 Å². The topological polar surface area (TPSA) is 53.4 Å². The lowest BCUT2D eigenvalue weighted by molar-refractivity contribution is -0.00254. The largest absolute Gasteiger partial charge is 0.393 e. The van der Waals surface area contributed by atoms with Crippen LogP contribution in [0.5, 0.6) is 0 Å². The van der Waals surface area contributed by atoms with Crippen molar-refractivity contribution in [2.45, 2.75) is 12.5 Å². The van der Waals surface area contributed by atoms with Gasteiger partial charge in [-0.25, -0.2) is 0 Å². The van der Waals surface area contributed by atoms with Gasteiger partial charge in [0.15, 0.2) is 0 Å². The van der Waals surface area contributed by atoms with Crippen molar-refractivity contribution in [3.63, 3.8) is 0 Å². The number of pyridine rings is 1. The van der Waals surface area contributed by atoms with E-state index in [4.69, 9.17) is 5.11 Å². The van der Waals surface area contributed by atoms with Crippen LogP contribution in [0.2, 0.25) is 0 Å². The number of rotatable bonds is 2. The van der Waals surface area contributed by atoms with Crippen molar-refractivity contribution in [3.8, 4) is 0 Å². The normalized spacial score (nSPS) is 15.9. The highest BCUT2D eigenvalue weighted by Crippen LogP contribution is 2.17. The third kappa shape index (κ3) is 1.76. The molecule has 3 heteroatoms. The zero-order valence-corrected chi connectivity index (χ0v) is 6.36. The second kappa shape index (κ2) is 2.98. The van der Waals surface area contributed by atoms with Gasteiger partial charge in [0.25, 0.3) is 0 Å². The highest BCUT2D eigenvalue weighted by atomic mass is 16.3. The predicted octanol–water partition coefficient (Wildman–Crippen LogP) is 0.281. The maximum Gasteiger partial charge on any atom is 0.111 e. The van der Waals surface area contributed by atoms with Crippen molar-refractivity contribution < 1.29 is 10.2 Å². The van der Waals surface area contributed by atoms with Crippen LogP contribution in [0.3, 0.4) is 0 Å². The lowest BCUT2D eigenvalue weighted by Crippen LogP contribution is -2.25. The molecule has 0 aliphatic heterocycles. The minimum absolute atomic E-state index is 0.293. The Morgan fingerprint density at radius 3 is 2.82 bits per heavy atom. The van der Waals surface area contributed by atoms with Crippen LogP contribution in [0.4, 0.5) is 0 Å². The molecule has 0 radical (unpaired) electrons. The highest BCUT2D eigenvalue weighted by Gasteiger charge is 2.21. The number of aliphatic hydroxyl groups excluding tert-OH is 1. The summed E-state index contributed by atoms with van der Waals surface area (Å²) in [6.07, 6.45) is 3.16. The fourth-order valence-electron chi connectivity index (χ4n) is 0.773. The molecule has 3 nitrogen and oxygen atoms in total. The maximum atomic E-state index is 9.50. The third-order valence-electron chi connectivity index (χ3n) is 1.59. The van der Waals surface area contributed by atoms with Gasteiger partial charge < -0.3 is 10.2 Å². The summed E-state index contributed by atoms with van der Waals surface area (Å²) < 4.78 is 0. The van der Waals surface area contributed by atoms with E-state index < -0.39 is 5.60 Å². The van der Waals surface area contributed by atoms with Crippen molar-refractivity contribution in [3.05, 3.63) is 30.1 Å². The molecule has 11 heavy (non-hydrogen) atoms. The molecule has 0 fully saturated rings. The SMILES string of the molecule is C[C@@](O)(CO)c1cccnc1. The zero-order chi connectivity index (χ0) is 8.32. The number of hydrogen-bond acceptors (Lipinski definition) is 3. The standard InChI is InChI=1S/C8H11NO2/c1-8(11,6-10)7-3-2-4-9-5-7/h2-5,10-11H,6H2,1H3/t8-/m1/s1. The molecule has 0 unspecified atom stereocenters. The summed E-state index contributed by atoms with van der Waals surface area (Å²) in [5.74, 6) is 0. The van der Waals surface area contributed by atoms with Crippen molar-refractivity contribution in [2.24, 2.45) is 0 Å². The molecular formula is C8H11NO2. The van der Waals surface area contributed by atoms with Gasteiger partial charge in [-0.1, -0.05) is 6.07 Å². The Labute approximate surface area is 65.3 Å². The molecule has 0 aliphatic rings. The van der Waals surface area contributed by atoms with Crippen LogP contribution in [0, 0.1) is 0 Å². The minimum Gasteiger partial charge on any atom is -0.393 e. The molecule has 2 N–H and O–H groups in total. The fourth-order valence-corrected chi connectivity index (χ4v) is 0.773. The molecule has 1 atom stereocenters. The minimum atomic E-state index is -1.17. The van der Waals surface area contributed by atoms with Crippen molar-refractivity contribution in [2.75, 3.05) is 6.61 Å². The van der Waals surface area contributed by atoms with E-state index >= 15 is 0 Å². The molecule has 0 amide bonds. The van der Waals surface area contributed by atoms with E-state index in [9.17, 15) is 5.11 Å². The quantitative estimate of drug-likeness (QED) is 0.641. The van der Waals surface area contributed by atoms with Gasteiger partial charge in [0, 0.05) is 18.0 Å². The van der Waals surface area contributed by atoms with Crippen LogP contribution < -0.4 is 0 Å². The smallest absolute Gasteiger partial charge is 0.111 e. The molecule has 0 aliphatic carbocycles. The van der Waals surface area contributed by atoms with E-state index in [0.717, 1.165) is 0 Å². The number of aliphatic hydroxyl groups is 2. The van der Waals surface area contributed by atoms with Crippen molar-refractivity contribution in [1.29, 1.82) is 0 Å². The molecule has 0 aromatic carbocycles. The van der Waals surface area contributed by atoms with Crippen LogP contribution >= 0.6 is 0 Å². The molecule has 1 aromatic rings. The second-order valence-electron chi connectivity index (χ2n) is 2.67. The lowest BCUT2D eigenvalue weighted by atomic mass is 9.99. The summed E-state index contributed by atoms with van der Waals surface area (Å²) in [4.78, 5) is 3.83. The monoisotopic (exact) mass is 153 g/mol. The van der Waals surface area contributed by atoms with E-state index in [2.05, 4.69) is 4.98 Å². The van der Waals surface area contributed by atoms with Gasteiger partial charge in [0.05, 0.1) is 6.61 Å². The average Bonchev–Trinajstić information content (AvgIpc) is 2.06. The predicted molar refractivity (Wildman–Crippen MR) is 40.9 cm³/mol. The molecule has 0 spiro atoms. The Kier molecular flexibility index (Phi) is 2.22. The molecule has 60 valence electrons. The molecule has 0 saturated heterocycles. The number of aromatic nitrogens is 1. The van der Waals surface area contributed by atoms with E-state index in [1.165, 1.54) is 6.20 Å². The Morgan fingerprint density at radius 2 is 2.36 bits per heavy atom. The van der Waals surface area contributed by atoms with Gasteiger partial charge in [-0.05, 0) is 13.0 Å². The van der Waals surface area contributed by atoms with Crippen LogP contribution in [0.1, 0.15) is 12.5 Å². The molecular weight excluding hydrogens is 142 g/mol. The summed E-state index contributed by atoms with van der Waals surface area (Å²) in [6, 6.07) is 3.45. The second-order valence-corrected chi connectivity index (χ2v) is 2.67. The van der Waals surface area contributed by atoms with Crippen LogP contribution in [-0.2, 0) is 5.60 Å². The number of hydrogen-bond donors (Lipinski definition) is 2. The van der Waals surface area contributed by atoms with Crippen molar-refractivity contribution in [1.82, 2.24) is 4.98 Å². The molecule has 1 heterocycles. The van der Waals surface area contributed by atoms with E-state index in [0.29, 0.717) is 5.56 Å². The van der Waals surface area contributed by atoms with Gasteiger partial charge >= 0.3 is 0 Å². The van der Waals surface area contributed by atoms with Gasteiger partial charge in [-0.15, -0.1) is 0 Å². The number of nitrogens with zero attached hydrogens (tertiary/aromatic N) is 1. The Morgan fingerprint density at radius 1 is 1.64 bits per heavy atom. The van der Waals surface area contributed by atoms with E-state index in [1.807, 2.05) is 0 Å². The molecule has 1 rings (SSSR count). The first-order chi connectivity index (χ1) is 5.17. The fraction of sp³-hybridized carbons (Fsp3) is 0.375. The zero-order valence-electron chi connectivity index (χ0n) is 6.36. The first-order valence-corrected chi connectivity index (χ1v) is 3.40. The van der Waals surface area contributed by atoms with Crippen molar-refractivity contribution >= 4 is 0 Å². The van der Waals surface area contributed by atoms with E-state index in [1.54, 1.807) is 25.3 Å². The summed E-state index contributed by atoms with van der Waals surface area (Å²) >= 11 is 0. The first-order valence-electron chi connectivity index (χ1n) is 3.40. The molecule has 0 bridgehead atoms. The average molecular weight is 153 g/mol. The third-order valence-corrected chi connectivity index (χ3v) is 1.59.